The van der Waals surface area contributed by atoms with E-state index in [2.05, 4.69) is 48.1 Å². The number of ether oxygens (including phenoxy) is 1. The SMILES string of the molecule is CCC(NCc1cc(Br)ccc1OC)C(C)C. The molecule has 0 aliphatic rings. The summed E-state index contributed by atoms with van der Waals surface area (Å²) in [6.45, 7) is 7.56. The van der Waals surface area contributed by atoms with Crippen molar-refractivity contribution in [2.24, 2.45) is 5.92 Å². The van der Waals surface area contributed by atoms with Crippen molar-refractivity contribution in [3.8, 4) is 5.75 Å². The van der Waals surface area contributed by atoms with Crippen LogP contribution in [-0.4, -0.2) is 13.2 Å². The van der Waals surface area contributed by atoms with Crippen LogP contribution in [0.4, 0.5) is 0 Å². The molecule has 1 N–H and O–H groups in total. The normalized spacial score (nSPS) is 12.8. The predicted octanol–water partition coefficient (Wildman–Crippen LogP) is 3.98. The van der Waals surface area contributed by atoms with Crippen LogP contribution in [0.15, 0.2) is 22.7 Å². The molecule has 0 saturated heterocycles. The third kappa shape index (κ3) is 4.32. The Bertz CT molecular complexity index is 352. The first kappa shape index (κ1) is 14.5. The van der Waals surface area contributed by atoms with Crippen LogP contribution in [-0.2, 0) is 6.54 Å². The molecule has 0 spiro atoms. The average molecular weight is 300 g/mol. The van der Waals surface area contributed by atoms with Crippen molar-refractivity contribution in [2.45, 2.75) is 39.8 Å². The highest BCUT2D eigenvalue weighted by molar-refractivity contribution is 9.10. The van der Waals surface area contributed by atoms with Crippen molar-refractivity contribution in [1.82, 2.24) is 5.32 Å². The van der Waals surface area contributed by atoms with Gasteiger partial charge in [0.2, 0.25) is 0 Å². The number of hydrogen-bond donors (Lipinski definition) is 1. The molecule has 0 heterocycles. The topological polar surface area (TPSA) is 21.3 Å². The Morgan fingerprint density at radius 1 is 1.35 bits per heavy atom. The van der Waals surface area contributed by atoms with Gasteiger partial charge in [0.1, 0.15) is 5.75 Å². The third-order valence-corrected chi connectivity index (χ3v) is 3.53. The van der Waals surface area contributed by atoms with Gasteiger partial charge in [-0.3, -0.25) is 0 Å². The summed E-state index contributed by atoms with van der Waals surface area (Å²) in [6.07, 6.45) is 1.15. The average Bonchev–Trinajstić information content (AvgIpc) is 2.29. The van der Waals surface area contributed by atoms with Gasteiger partial charge in [0.05, 0.1) is 7.11 Å². The number of halogens is 1. The molecule has 0 aromatic heterocycles. The van der Waals surface area contributed by atoms with E-state index >= 15 is 0 Å². The lowest BCUT2D eigenvalue weighted by atomic mass is 10.0. The highest BCUT2D eigenvalue weighted by Gasteiger charge is 2.11. The number of methoxy groups -OCH3 is 1. The van der Waals surface area contributed by atoms with Crippen molar-refractivity contribution < 1.29 is 4.74 Å². The zero-order valence-corrected chi connectivity index (χ0v) is 12.7. The zero-order valence-electron chi connectivity index (χ0n) is 11.1. The van der Waals surface area contributed by atoms with Crippen molar-refractivity contribution in [3.05, 3.63) is 28.2 Å². The summed E-state index contributed by atoms with van der Waals surface area (Å²) in [6, 6.07) is 6.66. The highest BCUT2D eigenvalue weighted by Crippen LogP contribution is 2.23. The molecule has 0 saturated carbocycles. The van der Waals surface area contributed by atoms with E-state index < -0.39 is 0 Å². The van der Waals surface area contributed by atoms with Crippen LogP contribution in [0.3, 0.4) is 0 Å². The van der Waals surface area contributed by atoms with E-state index in [4.69, 9.17) is 4.74 Å². The summed E-state index contributed by atoms with van der Waals surface area (Å²) < 4.78 is 6.46. The third-order valence-electron chi connectivity index (χ3n) is 3.04. The molecule has 1 rings (SSSR count). The van der Waals surface area contributed by atoms with Gasteiger partial charge in [0.25, 0.3) is 0 Å². The lowest BCUT2D eigenvalue weighted by molar-refractivity contribution is 0.375. The Labute approximate surface area is 113 Å². The Kier molecular flexibility index (Phi) is 6.00. The molecular weight excluding hydrogens is 278 g/mol. The molecule has 1 unspecified atom stereocenters. The molecule has 0 fully saturated rings. The van der Waals surface area contributed by atoms with Gasteiger partial charge in [-0.15, -0.1) is 0 Å². The minimum Gasteiger partial charge on any atom is -0.496 e. The molecule has 1 aromatic carbocycles. The fraction of sp³-hybridized carbons (Fsp3) is 0.571. The van der Waals surface area contributed by atoms with E-state index in [-0.39, 0.29) is 0 Å². The Hall–Kier alpha value is -0.540. The van der Waals surface area contributed by atoms with Crippen molar-refractivity contribution in [2.75, 3.05) is 7.11 Å². The summed E-state index contributed by atoms with van der Waals surface area (Å²) in [5.41, 5.74) is 1.20. The zero-order chi connectivity index (χ0) is 12.8. The minimum atomic E-state index is 0.554. The quantitative estimate of drug-likeness (QED) is 0.858. The number of nitrogens with one attached hydrogen (secondary N) is 1. The summed E-state index contributed by atoms with van der Waals surface area (Å²) in [5, 5.41) is 3.59. The maximum absolute atomic E-state index is 5.37. The smallest absolute Gasteiger partial charge is 0.123 e. The van der Waals surface area contributed by atoms with Crippen LogP contribution in [0, 0.1) is 5.92 Å². The van der Waals surface area contributed by atoms with E-state index in [1.165, 1.54) is 5.56 Å². The maximum Gasteiger partial charge on any atom is 0.123 e. The largest absolute Gasteiger partial charge is 0.496 e. The lowest BCUT2D eigenvalue weighted by Gasteiger charge is -2.21. The first-order valence-corrected chi connectivity index (χ1v) is 6.93. The van der Waals surface area contributed by atoms with E-state index in [1.54, 1.807) is 7.11 Å². The molecule has 17 heavy (non-hydrogen) atoms. The van der Waals surface area contributed by atoms with Crippen molar-refractivity contribution in [3.63, 3.8) is 0 Å². The van der Waals surface area contributed by atoms with Gasteiger partial charge in [-0.05, 0) is 30.5 Å². The molecule has 1 atom stereocenters. The van der Waals surface area contributed by atoms with Gasteiger partial charge in [-0.2, -0.15) is 0 Å². The van der Waals surface area contributed by atoms with Crippen LogP contribution in [0.5, 0.6) is 5.75 Å². The molecule has 0 radical (unpaired) electrons. The van der Waals surface area contributed by atoms with Crippen LogP contribution >= 0.6 is 15.9 Å². The molecule has 0 amide bonds. The van der Waals surface area contributed by atoms with E-state index in [0.717, 1.165) is 23.2 Å². The molecular formula is C14H22BrNO. The van der Waals surface area contributed by atoms with Crippen LogP contribution < -0.4 is 10.1 Å². The Balaban J connectivity index is 2.70. The first-order chi connectivity index (χ1) is 8.08. The van der Waals surface area contributed by atoms with Crippen LogP contribution in [0.2, 0.25) is 0 Å². The molecule has 2 nitrogen and oxygen atoms in total. The molecule has 0 aliphatic heterocycles. The van der Waals surface area contributed by atoms with Gasteiger partial charge in [-0.25, -0.2) is 0 Å². The van der Waals surface area contributed by atoms with E-state index in [1.807, 2.05) is 12.1 Å². The van der Waals surface area contributed by atoms with Crippen molar-refractivity contribution in [1.29, 1.82) is 0 Å². The molecule has 0 bridgehead atoms. The minimum absolute atomic E-state index is 0.554. The molecule has 0 aliphatic carbocycles. The predicted molar refractivity (Wildman–Crippen MR) is 76.5 cm³/mol. The standard InChI is InChI=1S/C14H22BrNO/c1-5-13(10(2)3)16-9-11-8-12(15)6-7-14(11)17-4/h6-8,10,13,16H,5,9H2,1-4H3. The second-order valence-corrected chi connectivity index (χ2v) is 5.51. The summed E-state index contributed by atoms with van der Waals surface area (Å²) in [7, 11) is 1.71. The van der Waals surface area contributed by atoms with Crippen molar-refractivity contribution >= 4 is 15.9 Å². The number of benzene rings is 1. The van der Waals surface area contributed by atoms with Gasteiger partial charge in [0, 0.05) is 22.6 Å². The summed E-state index contributed by atoms with van der Waals surface area (Å²) in [4.78, 5) is 0. The fourth-order valence-electron chi connectivity index (χ4n) is 1.98. The summed E-state index contributed by atoms with van der Waals surface area (Å²) in [5.74, 6) is 1.59. The fourth-order valence-corrected chi connectivity index (χ4v) is 2.39. The lowest BCUT2D eigenvalue weighted by Crippen LogP contribution is -2.32. The maximum atomic E-state index is 5.37. The number of rotatable bonds is 6. The Morgan fingerprint density at radius 2 is 2.06 bits per heavy atom. The van der Waals surface area contributed by atoms with Crippen LogP contribution in [0.1, 0.15) is 32.8 Å². The monoisotopic (exact) mass is 299 g/mol. The molecule has 96 valence electrons. The van der Waals surface area contributed by atoms with E-state index in [9.17, 15) is 0 Å². The van der Waals surface area contributed by atoms with Gasteiger partial charge >= 0.3 is 0 Å². The Morgan fingerprint density at radius 3 is 2.59 bits per heavy atom. The molecule has 1 aromatic rings. The second kappa shape index (κ2) is 7.02. The second-order valence-electron chi connectivity index (χ2n) is 4.60. The van der Waals surface area contributed by atoms with Gasteiger partial charge in [-0.1, -0.05) is 36.7 Å². The highest BCUT2D eigenvalue weighted by atomic mass is 79.9. The summed E-state index contributed by atoms with van der Waals surface area (Å²) >= 11 is 3.50. The van der Waals surface area contributed by atoms with E-state index in [0.29, 0.717) is 12.0 Å². The van der Waals surface area contributed by atoms with Gasteiger partial charge in [0.15, 0.2) is 0 Å². The first-order valence-electron chi connectivity index (χ1n) is 6.14. The van der Waals surface area contributed by atoms with Crippen LogP contribution in [0.25, 0.3) is 0 Å². The van der Waals surface area contributed by atoms with Gasteiger partial charge < -0.3 is 10.1 Å². The number of hydrogen-bond acceptors (Lipinski definition) is 2. The molecule has 3 heteroatoms.